The molecule has 1 N–H and O–H groups in total. The van der Waals surface area contributed by atoms with Crippen LogP contribution in [-0.2, 0) is 0 Å². The van der Waals surface area contributed by atoms with Crippen LogP contribution in [-0.4, -0.2) is 21.5 Å². The van der Waals surface area contributed by atoms with Gasteiger partial charge in [0.2, 0.25) is 0 Å². The zero-order valence-electron chi connectivity index (χ0n) is 8.77. The van der Waals surface area contributed by atoms with E-state index in [0.717, 1.165) is 24.3 Å². The highest BCUT2D eigenvalue weighted by molar-refractivity contribution is 5.71. The number of hydrogen-bond donors (Lipinski definition) is 1. The average molecular weight is 202 g/mol. The lowest BCUT2D eigenvalue weighted by molar-refractivity contribution is 0.831. The topological polar surface area (TPSA) is 50.7 Å². The van der Waals surface area contributed by atoms with E-state index in [9.17, 15) is 0 Å². The van der Waals surface area contributed by atoms with Crippen molar-refractivity contribution in [2.75, 3.05) is 11.9 Å². The summed E-state index contributed by atoms with van der Waals surface area (Å²) in [6.07, 6.45) is 5.67. The van der Waals surface area contributed by atoms with E-state index >= 15 is 0 Å². The Balaban J connectivity index is 2.16. The predicted molar refractivity (Wildman–Crippen MR) is 60.7 cm³/mol. The van der Waals surface area contributed by atoms with Crippen LogP contribution < -0.4 is 5.32 Å². The van der Waals surface area contributed by atoms with Gasteiger partial charge < -0.3 is 5.32 Å². The number of anilines is 1. The van der Waals surface area contributed by atoms with Crippen molar-refractivity contribution in [1.29, 1.82) is 0 Å². The highest BCUT2D eigenvalue weighted by Crippen LogP contribution is 2.09. The molecule has 78 valence electrons. The Morgan fingerprint density at radius 1 is 1.20 bits per heavy atom. The Kier molecular flexibility index (Phi) is 3.07. The standard InChI is InChI=1S/C11H14N4/c1-2-3-6-13-10-5-4-9-11(15-10)14-8-7-12-9/h4-5,7-8H,2-3,6H2,1H3,(H,13,14,15). The van der Waals surface area contributed by atoms with Gasteiger partial charge in [0.1, 0.15) is 11.3 Å². The first-order chi connectivity index (χ1) is 7.40. The van der Waals surface area contributed by atoms with E-state index in [2.05, 4.69) is 27.2 Å². The van der Waals surface area contributed by atoms with Crippen LogP contribution in [0.15, 0.2) is 24.5 Å². The van der Waals surface area contributed by atoms with E-state index in [4.69, 9.17) is 0 Å². The molecule has 0 fully saturated rings. The summed E-state index contributed by atoms with van der Waals surface area (Å²) < 4.78 is 0. The number of pyridine rings is 1. The van der Waals surface area contributed by atoms with Gasteiger partial charge in [-0.05, 0) is 18.6 Å². The summed E-state index contributed by atoms with van der Waals surface area (Å²) in [5, 5.41) is 3.26. The van der Waals surface area contributed by atoms with Crippen LogP contribution in [0.25, 0.3) is 11.2 Å². The van der Waals surface area contributed by atoms with Crippen LogP contribution in [0, 0.1) is 0 Å². The molecule has 0 aliphatic heterocycles. The summed E-state index contributed by atoms with van der Waals surface area (Å²) in [5.41, 5.74) is 1.53. The van der Waals surface area contributed by atoms with Gasteiger partial charge in [-0.3, -0.25) is 4.98 Å². The summed E-state index contributed by atoms with van der Waals surface area (Å²) in [6, 6.07) is 3.87. The molecule has 0 radical (unpaired) electrons. The van der Waals surface area contributed by atoms with Gasteiger partial charge in [0.15, 0.2) is 5.65 Å². The normalized spacial score (nSPS) is 10.5. The molecule has 2 aromatic rings. The second-order valence-electron chi connectivity index (χ2n) is 3.38. The van der Waals surface area contributed by atoms with Crippen LogP contribution in [0.1, 0.15) is 19.8 Å². The largest absolute Gasteiger partial charge is 0.370 e. The molecule has 0 atom stereocenters. The van der Waals surface area contributed by atoms with E-state index in [1.807, 2.05) is 12.1 Å². The zero-order valence-corrected chi connectivity index (χ0v) is 8.77. The molecule has 0 unspecified atom stereocenters. The molecule has 0 spiro atoms. The van der Waals surface area contributed by atoms with Crippen molar-refractivity contribution in [1.82, 2.24) is 15.0 Å². The summed E-state index contributed by atoms with van der Waals surface area (Å²) in [5.74, 6) is 0.872. The zero-order chi connectivity index (χ0) is 10.5. The Labute approximate surface area is 88.8 Å². The predicted octanol–water partition coefficient (Wildman–Crippen LogP) is 2.24. The highest BCUT2D eigenvalue weighted by atomic mass is 15.0. The number of nitrogens with zero attached hydrogens (tertiary/aromatic N) is 3. The molecule has 0 bridgehead atoms. The third-order valence-corrected chi connectivity index (χ3v) is 2.17. The van der Waals surface area contributed by atoms with Gasteiger partial charge in [0.25, 0.3) is 0 Å². The first-order valence-corrected chi connectivity index (χ1v) is 5.22. The van der Waals surface area contributed by atoms with Crippen molar-refractivity contribution >= 4 is 17.0 Å². The molecule has 0 amide bonds. The van der Waals surface area contributed by atoms with Crippen molar-refractivity contribution in [2.45, 2.75) is 19.8 Å². The monoisotopic (exact) mass is 202 g/mol. The lowest BCUT2D eigenvalue weighted by Gasteiger charge is -2.04. The molecular formula is C11H14N4. The van der Waals surface area contributed by atoms with Gasteiger partial charge in [-0.2, -0.15) is 0 Å². The third kappa shape index (κ3) is 2.40. The maximum absolute atomic E-state index is 4.36. The highest BCUT2D eigenvalue weighted by Gasteiger charge is 1.98. The SMILES string of the molecule is CCCCNc1ccc2nccnc2n1. The minimum atomic E-state index is 0.694. The van der Waals surface area contributed by atoms with E-state index < -0.39 is 0 Å². The van der Waals surface area contributed by atoms with Crippen LogP contribution in [0.4, 0.5) is 5.82 Å². The first kappa shape index (κ1) is 9.83. The minimum absolute atomic E-state index is 0.694. The van der Waals surface area contributed by atoms with Gasteiger partial charge in [0.05, 0.1) is 0 Å². The van der Waals surface area contributed by atoms with Crippen molar-refractivity contribution in [3.8, 4) is 0 Å². The quantitative estimate of drug-likeness (QED) is 0.772. The molecular weight excluding hydrogens is 188 g/mol. The van der Waals surface area contributed by atoms with Gasteiger partial charge in [0, 0.05) is 18.9 Å². The Bertz CT molecular complexity index is 441. The molecule has 15 heavy (non-hydrogen) atoms. The smallest absolute Gasteiger partial charge is 0.180 e. The van der Waals surface area contributed by atoms with E-state index in [1.165, 1.54) is 6.42 Å². The van der Waals surface area contributed by atoms with Crippen LogP contribution >= 0.6 is 0 Å². The fourth-order valence-electron chi connectivity index (χ4n) is 1.35. The Hall–Kier alpha value is -1.71. The van der Waals surface area contributed by atoms with Crippen LogP contribution in [0.2, 0.25) is 0 Å². The fourth-order valence-corrected chi connectivity index (χ4v) is 1.35. The number of nitrogens with one attached hydrogen (secondary N) is 1. The molecule has 0 aliphatic rings. The average Bonchev–Trinajstić information content (AvgIpc) is 2.29. The Morgan fingerprint density at radius 2 is 2.07 bits per heavy atom. The molecule has 0 saturated carbocycles. The van der Waals surface area contributed by atoms with E-state index in [1.54, 1.807) is 12.4 Å². The summed E-state index contributed by atoms with van der Waals surface area (Å²) in [7, 11) is 0. The van der Waals surface area contributed by atoms with Gasteiger partial charge in [-0.15, -0.1) is 0 Å². The van der Waals surface area contributed by atoms with Crippen molar-refractivity contribution < 1.29 is 0 Å². The van der Waals surface area contributed by atoms with Gasteiger partial charge in [-0.25, -0.2) is 9.97 Å². The summed E-state index contributed by atoms with van der Waals surface area (Å²) in [6.45, 7) is 3.12. The number of aromatic nitrogens is 3. The lowest BCUT2D eigenvalue weighted by atomic mass is 10.3. The Morgan fingerprint density at radius 3 is 2.93 bits per heavy atom. The maximum atomic E-state index is 4.36. The summed E-state index contributed by atoms with van der Waals surface area (Å²) >= 11 is 0. The number of unbranched alkanes of at least 4 members (excludes halogenated alkanes) is 1. The molecule has 0 aromatic carbocycles. The van der Waals surface area contributed by atoms with Gasteiger partial charge >= 0.3 is 0 Å². The second-order valence-corrected chi connectivity index (χ2v) is 3.38. The van der Waals surface area contributed by atoms with E-state index in [0.29, 0.717) is 5.65 Å². The molecule has 0 saturated heterocycles. The molecule has 4 heteroatoms. The van der Waals surface area contributed by atoms with Crippen molar-refractivity contribution in [2.24, 2.45) is 0 Å². The molecule has 2 heterocycles. The van der Waals surface area contributed by atoms with Crippen LogP contribution in [0.3, 0.4) is 0 Å². The number of hydrogen-bond acceptors (Lipinski definition) is 4. The van der Waals surface area contributed by atoms with E-state index in [-0.39, 0.29) is 0 Å². The third-order valence-electron chi connectivity index (χ3n) is 2.17. The molecule has 2 aromatic heterocycles. The minimum Gasteiger partial charge on any atom is -0.370 e. The first-order valence-electron chi connectivity index (χ1n) is 5.22. The second kappa shape index (κ2) is 4.68. The number of fused-ring (bicyclic) bond motifs is 1. The molecule has 4 nitrogen and oxygen atoms in total. The maximum Gasteiger partial charge on any atom is 0.180 e. The molecule has 0 aliphatic carbocycles. The fraction of sp³-hybridized carbons (Fsp3) is 0.364. The number of rotatable bonds is 4. The molecule has 2 rings (SSSR count). The summed E-state index contributed by atoms with van der Waals surface area (Å²) in [4.78, 5) is 12.7. The van der Waals surface area contributed by atoms with Gasteiger partial charge in [-0.1, -0.05) is 13.3 Å². The van der Waals surface area contributed by atoms with Crippen molar-refractivity contribution in [3.63, 3.8) is 0 Å². The van der Waals surface area contributed by atoms with Crippen LogP contribution in [0.5, 0.6) is 0 Å². The van der Waals surface area contributed by atoms with Crippen molar-refractivity contribution in [3.05, 3.63) is 24.5 Å². The lowest BCUT2D eigenvalue weighted by Crippen LogP contribution is -2.03.